The number of rotatable bonds is 3. The molecular weight excluding hydrogens is 144 g/mol. The summed E-state index contributed by atoms with van der Waals surface area (Å²) in [5.41, 5.74) is 0. The van der Waals surface area contributed by atoms with Gasteiger partial charge in [0.1, 0.15) is 0 Å². The zero-order chi connectivity index (χ0) is 5.70. The summed E-state index contributed by atoms with van der Waals surface area (Å²) >= 11 is 10.0. The minimum atomic E-state index is 0.484. The van der Waals surface area contributed by atoms with Gasteiger partial charge in [-0.3, -0.25) is 0 Å². The lowest BCUT2D eigenvalue weighted by Gasteiger charge is -2.01. The van der Waals surface area contributed by atoms with Crippen LogP contribution in [-0.4, -0.2) is 9.67 Å². The van der Waals surface area contributed by atoms with Gasteiger partial charge in [0, 0.05) is 9.67 Å². The summed E-state index contributed by atoms with van der Waals surface area (Å²) in [5.74, 6) is 0. The van der Waals surface area contributed by atoms with Crippen LogP contribution in [0.1, 0.15) is 13.3 Å². The van der Waals surface area contributed by atoms with Gasteiger partial charge in [0.05, 0.1) is 0 Å². The SMILES string of the molecule is CCC(S)SCS. The fraction of sp³-hybridized carbons (Fsp3) is 1.00. The maximum atomic E-state index is 4.22. The topological polar surface area (TPSA) is 0 Å². The van der Waals surface area contributed by atoms with Crippen LogP contribution in [0.15, 0.2) is 0 Å². The number of thiol groups is 2. The van der Waals surface area contributed by atoms with Crippen LogP contribution in [0.2, 0.25) is 0 Å². The minimum Gasteiger partial charge on any atom is -0.168 e. The van der Waals surface area contributed by atoms with Gasteiger partial charge in [-0.05, 0) is 6.42 Å². The molecule has 0 aliphatic rings. The Hall–Kier alpha value is 1.05. The van der Waals surface area contributed by atoms with E-state index >= 15 is 0 Å². The van der Waals surface area contributed by atoms with Crippen molar-refractivity contribution in [2.45, 2.75) is 17.9 Å². The molecule has 0 nitrogen and oxygen atoms in total. The van der Waals surface area contributed by atoms with Gasteiger partial charge < -0.3 is 0 Å². The molecule has 0 bridgehead atoms. The maximum absolute atomic E-state index is 4.22. The maximum Gasteiger partial charge on any atom is 0.0478 e. The van der Waals surface area contributed by atoms with Crippen molar-refractivity contribution >= 4 is 37.0 Å². The third-order valence-electron chi connectivity index (χ3n) is 0.616. The van der Waals surface area contributed by atoms with Crippen LogP contribution in [0, 0.1) is 0 Å². The van der Waals surface area contributed by atoms with Crippen molar-refractivity contribution in [1.82, 2.24) is 0 Å². The van der Waals surface area contributed by atoms with E-state index in [2.05, 4.69) is 32.2 Å². The molecule has 0 heterocycles. The van der Waals surface area contributed by atoms with E-state index in [9.17, 15) is 0 Å². The lowest BCUT2D eigenvalue weighted by atomic mass is 10.6. The Morgan fingerprint density at radius 1 is 1.71 bits per heavy atom. The molecule has 0 spiro atoms. The smallest absolute Gasteiger partial charge is 0.0478 e. The second kappa shape index (κ2) is 5.19. The lowest BCUT2D eigenvalue weighted by molar-refractivity contribution is 1.06. The average Bonchev–Trinajstić information content (AvgIpc) is 1.68. The lowest BCUT2D eigenvalue weighted by Crippen LogP contribution is -1.86. The van der Waals surface area contributed by atoms with Gasteiger partial charge in [0.15, 0.2) is 0 Å². The monoisotopic (exact) mass is 154 g/mol. The van der Waals surface area contributed by atoms with E-state index in [4.69, 9.17) is 0 Å². The molecular formula is C4H10S3. The summed E-state index contributed by atoms with van der Waals surface area (Å²) in [5, 5.41) is 0.877. The van der Waals surface area contributed by atoms with Gasteiger partial charge in [0.2, 0.25) is 0 Å². The first-order valence-corrected chi connectivity index (χ1v) is 4.41. The highest BCUT2D eigenvalue weighted by Gasteiger charge is 1.94. The highest BCUT2D eigenvalue weighted by molar-refractivity contribution is 8.16. The zero-order valence-corrected chi connectivity index (χ0v) is 6.90. The fourth-order valence-corrected chi connectivity index (χ4v) is 1.73. The van der Waals surface area contributed by atoms with Crippen LogP contribution >= 0.6 is 37.0 Å². The summed E-state index contributed by atoms with van der Waals surface area (Å²) in [7, 11) is 0. The van der Waals surface area contributed by atoms with Crippen molar-refractivity contribution in [3.05, 3.63) is 0 Å². The molecule has 0 N–H and O–H groups in total. The van der Waals surface area contributed by atoms with Crippen molar-refractivity contribution in [2.24, 2.45) is 0 Å². The molecule has 0 aromatic heterocycles. The molecule has 0 amide bonds. The predicted molar refractivity (Wildman–Crippen MR) is 44.5 cm³/mol. The summed E-state index contributed by atoms with van der Waals surface area (Å²) in [6.07, 6.45) is 1.12. The molecule has 0 aromatic rings. The van der Waals surface area contributed by atoms with Crippen molar-refractivity contribution in [2.75, 3.05) is 5.08 Å². The van der Waals surface area contributed by atoms with Crippen LogP contribution in [0.5, 0.6) is 0 Å². The van der Waals surface area contributed by atoms with Crippen molar-refractivity contribution in [3.8, 4) is 0 Å². The molecule has 0 rings (SSSR count). The molecule has 1 unspecified atom stereocenters. The van der Waals surface area contributed by atoms with Crippen LogP contribution in [0.3, 0.4) is 0 Å². The molecule has 3 heteroatoms. The third-order valence-corrected chi connectivity index (χ3v) is 2.74. The van der Waals surface area contributed by atoms with Gasteiger partial charge in [-0.2, -0.15) is 25.3 Å². The highest BCUT2D eigenvalue weighted by Crippen LogP contribution is 2.17. The van der Waals surface area contributed by atoms with Crippen LogP contribution in [-0.2, 0) is 0 Å². The second-order valence-corrected chi connectivity index (χ2v) is 4.07. The van der Waals surface area contributed by atoms with Crippen molar-refractivity contribution in [1.29, 1.82) is 0 Å². The standard InChI is InChI=1S/C4H10S3/c1-2-4(6)7-3-5/h4-6H,2-3H2,1H3. The van der Waals surface area contributed by atoms with Crippen molar-refractivity contribution in [3.63, 3.8) is 0 Å². The Labute approximate surface area is 60.3 Å². The van der Waals surface area contributed by atoms with E-state index in [0.717, 1.165) is 11.5 Å². The molecule has 0 radical (unpaired) electrons. The molecule has 0 fully saturated rings. The van der Waals surface area contributed by atoms with Gasteiger partial charge in [0.25, 0.3) is 0 Å². The number of thioether (sulfide) groups is 1. The summed E-state index contributed by atoms with van der Waals surface area (Å²) in [6, 6.07) is 0. The van der Waals surface area contributed by atoms with Gasteiger partial charge in [-0.25, -0.2) is 0 Å². The Balaban J connectivity index is 2.83. The van der Waals surface area contributed by atoms with Gasteiger partial charge in [-0.1, -0.05) is 6.92 Å². The number of hydrogen-bond donors (Lipinski definition) is 2. The first-order valence-electron chi connectivity index (χ1n) is 2.21. The van der Waals surface area contributed by atoms with E-state index in [1.807, 2.05) is 0 Å². The molecule has 0 aromatic carbocycles. The van der Waals surface area contributed by atoms with Crippen LogP contribution in [0.4, 0.5) is 0 Å². The Morgan fingerprint density at radius 2 is 2.29 bits per heavy atom. The molecule has 7 heavy (non-hydrogen) atoms. The second-order valence-electron chi connectivity index (χ2n) is 1.16. The zero-order valence-electron chi connectivity index (χ0n) is 4.29. The average molecular weight is 154 g/mol. The first-order chi connectivity index (χ1) is 3.31. The third kappa shape index (κ3) is 4.91. The molecule has 1 atom stereocenters. The molecule has 0 aliphatic carbocycles. The van der Waals surface area contributed by atoms with E-state index in [-0.39, 0.29) is 0 Å². The highest BCUT2D eigenvalue weighted by atomic mass is 32.2. The first kappa shape index (κ1) is 8.05. The molecule has 44 valence electrons. The summed E-state index contributed by atoms with van der Waals surface area (Å²) in [4.78, 5) is 0. The molecule has 0 saturated heterocycles. The van der Waals surface area contributed by atoms with Crippen LogP contribution in [0.25, 0.3) is 0 Å². The van der Waals surface area contributed by atoms with Gasteiger partial charge in [-0.15, -0.1) is 11.8 Å². The predicted octanol–water partition coefficient (Wildman–Crippen LogP) is 2.27. The molecule has 0 saturated carbocycles. The number of hydrogen-bond acceptors (Lipinski definition) is 3. The Bertz CT molecular complexity index is 37.9. The minimum absolute atomic E-state index is 0.484. The summed E-state index contributed by atoms with van der Waals surface area (Å²) in [6.45, 7) is 2.12. The quantitative estimate of drug-likeness (QED) is 0.464. The Morgan fingerprint density at radius 3 is 2.43 bits per heavy atom. The normalized spacial score (nSPS) is 14.1. The van der Waals surface area contributed by atoms with Crippen molar-refractivity contribution < 1.29 is 0 Å². The van der Waals surface area contributed by atoms with E-state index < -0.39 is 0 Å². The fourth-order valence-electron chi connectivity index (χ4n) is 0.204. The van der Waals surface area contributed by atoms with Gasteiger partial charge >= 0.3 is 0 Å². The molecule has 0 aliphatic heterocycles. The van der Waals surface area contributed by atoms with E-state index in [1.54, 1.807) is 11.8 Å². The largest absolute Gasteiger partial charge is 0.168 e. The van der Waals surface area contributed by atoms with Crippen LogP contribution < -0.4 is 0 Å². The Kier molecular flexibility index (Phi) is 5.97. The summed E-state index contributed by atoms with van der Waals surface area (Å²) < 4.78 is 0.484. The van der Waals surface area contributed by atoms with E-state index in [1.165, 1.54) is 0 Å². The van der Waals surface area contributed by atoms with E-state index in [0.29, 0.717) is 4.58 Å².